The molecule has 0 aliphatic carbocycles. The van der Waals surface area contributed by atoms with Crippen LogP contribution < -0.4 is 10.1 Å². The minimum absolute atomic E-state index is 0.0493. The van der Waals surface area contributed by atoms with E-state index in [0.29, 0.717) is 6.42 Å². The fourth-order valence-corrected chi connectivity index (χ4v) is 1.60. The summed E-state index contributed by atoms with van der Waals surface area (Å²) in [6.45, 7) is 9.01. The Bertz CT molecular complexity index is 499. The van der Waals surface area contributed by atoms with Crippen molar-refractivity contribution in [1.82, 2.24) is 15.3 Å². The number of rotatable bonds is 5. The summed E-state index contributed by atoms with van der Waals surface area (Å²) in [5.74, 6) is -0.741. The molecule has 7 nitrogen and oxygen atoms in total. The number of carbonyl (C=O) groups is 2. The lowest BCUT2D eigenvalue weighted by Crippen LogP contribution is -2.48. The van der Waals surface area contributed by atoms with E-state index in [4.69, 9.17) is 9.47 Å². The molecule has 7 heteroatoms. The van der Waals surface area contributed by atoms with E-state index >= 15 is 0 Å². The van der Waals surface area contributed by atoms with Crippen LogP contribution in [0, 0.1) is 5.92 Å². The van der Waals surface area contributed by atoms with Crippen LogP contribution in [-0.4, -0.2) is 33.7 Å². The number of hydrogen-bond donors (Lipinski definition) is 1. The lowest BCUT2D eigenvalue weighted by Gasteiger charge is -2.25. The molecule has 1 aromatic heterocycles. The van der Waals surface area contributed by atoms with E-state index in [2.05, 4.69) is 15.3 Å². The molecule has 0 unspecified atom stereocenters. The topological polar surface area (TPSA) is 90.4 Å². The normalized spacial score (nSPS) is 13.9. The van der Waals surface area contributed by atoms with Gasteiger partial charge in [-0.05, 0) is 32.8 Å². The molecule has 0 aromatic carbocycles. The Morgan fingerprint density at radius 1 is 1.27 bits per heavy atom. The smallest absolute Gasteiger partial charge is 0.408 e. The van der Waals surface area contributed by atoms with Crippen molar-refractivity contribution in [3.05, 3.63) is 18.5 Å². The molecule has 0 saturated heterocycles. The summed E-state index contributed by atoms with van der Waals surface area (Å²) in [6.07, 6.45) is 2.96. The Balaban J connectivity index is 2.75. The van der Waals surface area contributed by atoms with Crippen LogP contribution in [0.25, 0.3) is 0 Å². The molecule has 1 amide bonds. The van der Waals surface area contributed by atoms with Crippen molar-refractivity contribution >= 4 is 12.1 Å². The van der Waals surface area contributed by atoms with Gasteiger partial charge in [-0.25, -0.2) is 19.6 Å². The third-order valence-corrected chi connectivity index (χ3v) is 2.87. The van der Waals surface area contributed by atoms with E-state index in [9.17, 15) is 9.59 Å². The van der Waals surface area contributed by atoms with Crippen molar-refractivity contribution in [2.45, 2.75) is 52.7 Å². The maximum atomic E-state index is 12.2. The van der Waals surface area contributed by atoms with Crippen molar-refractivity contribution < 1.29 is 19.1 Å². The van der Waals surface area contributed by atoms with Crippen LogP contribution in [-0.2, 0) is 9.53 Å². The van der Waals surface area contributed by atoms with E-state index in [-0.39, 0.29) is 11.9 Å². The minimum Gasteiger partial charge on any atom is -0.444 e. The number of alkyl carbamates (subject to hydrolysis) is 1. The summed E-state index contributed by atoms with van der Waals surface area (Å²) in [5, 5.41) is 2.55. The minimum atomic E-state index is -0.830. The van der Waals surface area contributed by atoms with Crippen molar-refractivity contribution in [2.75, 3.05) is 0 Å². The molecule has 22 heavy (non-hydrogen) atoms. The molecular formula is C15H23N3O4. The molecule has 0 fully saturated rings. The Morgan fingerprint density at radius 2 is 1.86 bits per heavy atom. The maximum Gasteiger partial charge on any atom is 0.408 e. The molecule has 1 N–H and O–H groups in total. The highest BCUT2D eigenvalue weighted by molar-refractivity contribution is 5.82. The van der Waals surface area contributed by atoms with E-state index in [1.807, 2.05) is 13.8 Å². The SMILES string of the molecule is CC[C@H](C)[C@H](NC(=O)OC(C)(C)C)C(=O)Oc1ncccn1. The highest BCUT2D eigenvalue weighted by Crippen LogP contribution is 2.13. The Labute approximate surface area is 130 Å². The third-order valence-electron chi connectivity index (χ3n) is 2.87. The van der Waals surface area contributed by atoms with Gasteiger partial charge in [0.2, 0.25) is 0 Å². The number of esters is 1. The van der Waals surface area contributed by atoms with Crippen LogP contribution in [0.2, 0.25) is 0 Å². The predicted molar refractivity (Wildman–Crippen MR) is 80.3 cm³/mol. The number of aromatic nitrogens is 2. The molecule has 0 radical (unpaired) electrons. The number of ether oxygens (including phenoxy) is 2. The van der Waals surface area contributed by atoms with Crippen LogP contribution in [0.1, 0.15) is 41.0 Å². The summed E-state index contributed by atoms with van der Waals surface area (Å²) >= 11 is 0. The number of hydrogen-bond acceptors (Lipinski definition) is 6. The zero-order valence-electron chi connectivity index (χ0n) is 13.6. The lowest BCUT2D eigenvalue weighted by molar-refractivity contribution is -0.138. The van der Waals surface area contributed by atoms with Gasteiger partial charge < -0.3 is 14.8 Å². The highest BCUT2D eigenvalue weighted by Gasteiger charge is 2.30. The first kappa shape index (κ1) is 17.9. The highest BCUT2D eigenvalue weighted by atomic mass is 16.6. The monoisotopic (exact) mass is 309 g/mol. The van der Waals surface area contributed by atoms with Gasteiger partial charge in [-0.15, -0.1) is 0 Å². The molecule has 2 atom stereocenters. The van der Waals surface area contributed by atoms with Crippen LogP contribution in [0.15, 0.2) is 18.5 Å². The van der Waals surface area contributed by atoms with E-state index < -0.39 is 23.7 Å². The molecule has 0 aliphatic rings. The Morgan fingerprint density at radius 3 is 2.36 bits per heavy atom. The van der Waals surface area contributed by atoms with Gasteiger partial charge in [-0.3, -0.25) is 0 Å². The quantitative estimate of drug-likeness (QED) is 0.839. The van der Waals surface area contributed by atoms with Gasteiger partial charge in [0.1, 0.15) is 11.6 Å². The zero-order valence-corrected chi connectivity index (χ0v) is 13.6. The van der Waals surface area contributed by atoms with Gasteiger partial charge in [0.15, 0.2) is 0 Å². The largest absolute Gasteiger partial charge is 0.444 e. The number of nitrogens with zero attached hydrogens (tertiary/aromatic N) is 2. The van der Waals surface area contributed by atoms with E-state index in [0.717, 1.165) is 0 Å². The second-order valence-corrected chi connectivity index (χ2v) is 5.96. The van der Waals surface area contributed by atoms with Crippen molar-refractivity contribution in [2.24, 2.45) is 5.92 Å². The number of nitrogens with one attached hydrogen (secondary N) is 1. The molecular weight excluding hydrogens is 286 g/mol. The number of carbonyl (C=O) groups excluding carboxylic acids is 2. The predicted octanol–water partition coefficient (Wildman–Crippen LogP) is 2.32. The molecule has 1 heterocycles. The van der Waals surface area contributed by atoms with Gasteiger partial charge in [0.05, 0.1) is 0 Å². The van der Waals surface area contributed by atoms with Crippen LogP contribution in [0.5, 0.6) is 6.01 Å². The maximum absolute atomic E-state index is 12.2. The van der Waals surface area contributed by atoms with Gasteiger partial charge in [-0.2, -0.15) is 0 Å². The second kappa shape index (κ2) is 7.72. The first-order chi connectivity index (χ1) is 10.2. The van der Waals surface area contributed by atoms with Crippen molar-refractivity contribution in [3.63, 3.8) is 0 Å². The average Bonchev–Trinajstić information content (AvgIpc) is 2.43. The van der Waals surface area contributed by atoms with Crippen LogP contribution in [0.4, 0.5) is 4.79 Å². The first-order valence-corrected chi connectivity index (χ1v) is 7.21. The molecule has 0 spiro atoms. The van der Waals surface area contributed by atoms with Gasteiger partial charge in [0.25, 0.3) is 0 Å². The standard InChI is InChI=1S/C15H23N3O4/c1-6-10(2)11(18-14(20)22-15(3,4)5)12(19)21-13-16-8-7-9-17-13/h7-11H,6H2,1-5H3,(H,18,20)/t10-,11-/m0/s1. The van der Waals surface area contributed by atoms with E-state index in [1.165, 1.54) is 12.4 Å². The first-order valence-electron chi connectivity index (χ1n) is 7.21. The summed E-state index contributed by atoms with van der Waals surface area (Å²) in [7, 11) is 0. The molecule has 1 rings (SSSR count). The van der Waals surface area contributed by atoms with Crippen LogP contribution >= 0.6 is 0 Å². The fraction of sp³-hybridized carbons (Fsp3) is 0.600. The zero-order chi connectivity index (χ0) is 16.8. The van der Waals surface area contributed by atoms with Crippen molar-refractivity contribution in [1.29, 1.82) is 0 Å². The lowest BCUT2D eigenvalue weighted by atomic mass is 9.99. The van der Waals surface area contributed by atoms with Crippen LogP contribution in [0.3, 0.4) is 0 Å². The number of amides is 1. The van der Waals surface area contributed by atoms with E-state index in [1.54, 1.807) is 26.8 Å². The summed E-state index contributed by atoms with van der Waals surface area (Å²) in [6, 6.07) is 0.734. The van der Waals surface area contributed by atoms with Gasteiger partial charge in [0, 0.05) is 12.4 Å². The fourth-order valence-electron chi connectivity index (χ4n) is 1.60. The summed E-state index contributed by atoms with van der Waals surface area (Å²) in [4.78, 5) is 31.8. The van der Waals surface area contributed by atoms with Gasteiger partial charge in [-0.1, -0.05) is 20.3 Å². The average molecular weight is 309 g/mol. The second-order valence-electron chi connectivity index (χ2n) is 5.96. The molecule has 0 aliphatic heterocycles. The Kier molecular flexibility index (Phi) is 6.27. The summed E-state index contributed by atoms with van der Waals surface area (Å²) < 4.78 is 10.3. The third kappa shape index (κ3) is 6.07. The van der Waals surface area contributed by atoms with Crippen molar-refractivity contribution in [3.8, 4) is 6.01 Å². The molecule has 0 bridgehead atoms. The molecule has 122 valence electrons. The Hall–Kier alpha value is -2.18. The molecule has 1 aromatic rings. The molecule has 0 saturated carbocycles. The summed E-state index contributed by atoms with van der Waals surface area (Å²) in [5.41, 5.74) is -0.642. The van der Waals surface area contributed by atoms with Gasteiger partial charge >= 0.3 is 18.1 Å².